The van der Waals surface area contributed by atoms with E-state index in [9.17, 15) is 9.59 Å². The topological polar surface area (TPSA) is 63.0 Å². The van der Waals surface area contributed by atoms with E-state index in [0.717, 1.165) is 52.7 Å². The summed E-state index contributed by atoms with van der Waals surface area (Å²) in [5.74, 6) is 0.625. The summed E-state index contributed by atoms with van der Waals surface area (Å²) in [6.07, 6.45) is 5.18. The highest BCUT2D eigenvalue weighted by Gasteiger charge is 2.31. The molecular formula is C27H32N2O4. The van der Waals surface area contributed by atoms with E-state index < -0.39 is 0 Å². The van der Waals surface area contributed by atoms with Crippen LogP contribution >= 0.6 is 0 Å². The smallest absolute Gasteiger partial charge is 0.147 e. The fourth-order valence-corrected chi connectivity index (χ4v) is 5.34. The Hall–Kier alpha value is -2.70. The second-order valence-corrected chi connectivity index (χ2v) is 9.65. The highest BCUT2D eigenvalue weighted by molar-refractivity contribution is 6.11. The second-order valence-electron chi connectivity index (χ2n) is 9.65. The number of hydrogen-bond donors (Lipinski definition) is 0. The molecule has 1 aliphatic carbocycles. The van der Waals surface area contributed by atoms with Crippen molar-refractivity contribution in [2.45, 2.75) is 44.1 Å². The van der Waals surface area contributed by atoms with E-state index in [1.54, 1.807) is 6.26 Å². The lowest BCUT2D eigenvalue weighted by Gasteiger charge is -2.35. The van der Waals surface area contributed by atoms with Crippen LogP contribution in [0.15, 0.2) is 41.0 Å². The molecule has 2 aliphatic rings. The largest absolute Gasteiger partial charge is 0.492 e. The molecule has 1 aliphatic heterocycles. The van der Waals surface area contributed by atoms with E-state index in [-0.39, 0.29) is 23.9 Å². The number of likely N-dealkylation sites (N-methyl/N-ethyl adjacent to an activating group) is 1. The second kappa shape index (κ2) is 9.27. The zero-order valence-electron chi connectivity index (χ0n) is 19.5. The van der Waals surface area contributed by atoms with Gasteiger partial charge in [-0.05, 0) is 81.5 Å². The highest BCUT2D eigenvalue weighted by Crippen LogP contribution is 2.39. The number of rotatable bonds is 6. The molecule has 2 fully saturated rings. The summed E-state index contributed by atoms with van der Waals surface area (Å²) in [4.78, 5) is 29.0. The van der Waals surface area contributed by atoms with Crippen LogP contribution in [0.25, 0.3) is 21.7 Å². The van der Waals surface area contributed by atoms with Gasteiger partial charge in [-0.25, -0.2) is 0 Å². The zero-order chi connectivity index (χ0) is 22.9. The Morgan fingerprint density at radius 2 is 1.94 bits per heavy atom. The van der Waals surface area contributed by atoms with E-state index in [1.165, 1.54) is 12.8 Å². The van der Waals surface area contributed by atoms with Crippen molar-refractivity contribution >= 4 is 33.3 Å². The first-order valence-corrected chi connectivity index (χ1v) is 12.0. The van der Waals surface area contributed by atoms with Crippen molar-refractivity contribution in [3.8, 4) is 5.75 Å². The number of ketones is 2. The lowest BCUT2D eigenvalue weighted by atomic mass is 9.81. The molecule has 1 saturated heterocycles. The Bertz CT molecular complexity index is 1180. The SMILES string of the molecule is CN1CCC(N(C)CCOc2ccc3c(ccc4occ([C@H]5CCC(=O)CC5=O)c43)c2)CC1. The lowest BCUT2D eigenvalue weighted by molar-refractivity contribution is -0.130. The minimum Gasteiger partial charge on any atom is -0.492 e. The Morgan fingerprint density at radius 3 is 2.73 bits per heavy atom. The number of piperidine rings is 1. The number of fused-ring (bicyclic) bond motifs is 3. The standard InChI is InChI=1S/C27H32N2O4/c1-28-11-9-19(10-12-28)29(2)13-14-32-21-5-7-22-18(15-21)3-8-26-27(22)24(17-33-26)23-6-4-20(30)16-25(23)31/h3,5,7-8,15,17,19,23H,4,6,9-14,16H2,1-2H3/t23-/m1/s1. The van der Waals surface area contributed by atoms with Gasteiger partial charge in [-0.3, -0.25) is 14.5 Å². The zero-order valence-corrected chi connectivity index (χ0v) is 19.5. The van der Waals surface area contributed by atoms with Crippen molar-refractivity contribution in [1.82, 2.24) is 9.80 Å². The Morgan fingerprint density at radius 1 is 1.12 bits per heavy atom. The molecule has 33 heavy (non-hydrogen) atoms. The van der Waals surface area contributed by atoms with Gasteiger partial charge in [0, 0.05) is 35.9 Å². The molecule has 3 aromatic rings. The summed E-state index contributed by atoms with van der Waals surface area (Å²) in [7, 11) is 4.38. The number of ether oxygens (including phenoxy) is 1. The number of likely N-dealkylation sites (tertiary alicyclic amines) is 1. The van der Waals surface area contributed by atoms with Gasteiger partial charge in [0.2, 0.25) is 0 Å². The molecule has 0 unspecified atom stereocenters. The predicted octanol–water partition coefficient (Wildman–Crippen LogP) is 4.40. The van der Waals surface area contributed by atoms with Gasteiger partial charge in [-0.2, -0.15) is 0 Å². The molecule has 6 heteroatoms. The molecule has 1 atom stereocenters. The van der Waals surface area contributed by atoms with Crippen molar-refractivity contribution in [2.24, 2.45) is 0 Å². The van der Waals surface area contributed by atoms with Gasteiger partial charge in [-0.1, -0.05) is 6.07 Å². The van der Waals surface area contributed by atoms with Gasteiger partial charge in [-0.15, -0.1) is 0 Å². The number of hydrogen-bond acceptors (Lipinski definition) is 6. The average molecular weight is 449 g/mol. The van der Waals surface area contributed by atoms with E-state index in [0.29, 0.717) is 25.5 Å². The molecule has 1 saturated carbocycles. The fourth-order valence-electron chi connectivity index (χ4n) is 5.34. The van der Waals surface area contributed by atoms with E-state index >= 15 is 0 Å². The van der Waals surface area contributed by atoms with Gasteiger partial charge in [0.25, 0.3) is 0 Å². The lowest BCUT2D eigenvalue weighted by Crippen LogP contribution is -2.43. The number of Topliss-reactive ketones (excluding diaryl/α,β-unsaturated/α-hetero) is 2. The molecular weight excluding hydrogens is 416 g/mol. The Labute approximate surface area is 194 Å². The summed E-state index contributed by atoms with van der Waals surface area (Å²) in [5.41, 5.74) is 1.68. The quantitative estimate of drug-likeness (QED) is 0.521. The molecule has 0 N–H and O–H groups in total. The number of benzene rings is 2. The van der Waals surface area contributed by atoms with Gasteiger partial charge in [0.05, 0.1) is 12.7 Å². The van der Waals surface area contributed by atoms with Crippen LogP contribution in [0.3, 0.4) is 0 Å². The van der Waals surface area contributed by atoms with Crippen molar-refractivity contribution in [3.05, 3.63) is 42.2 Å². The van der Waals surface area contributed by atoms with Crippen LogP contribution in [-0.4, -0.2) is 67.7 Å². The van der Waals surface area contributed by atoms with Crippen molar-refractivity contribution < 1.29 is 18.7 Å². The summed E-state index contributed by atoms with van der Waals surface area (Å²) >= 11 is 0. The van der Waals surface area contributed by atoms with Gasteiger partial charge >= 0.3 is 0 Å². The Balaban J connectivity index is 1.31. The minimum absolute atomic E-state index is 0.000336. The van der Waals surface area contributed by atoms with Crippen LogP contribution in [0.2, 0.25) is 0 Å². The number of nitrogens with zero attached hydrogens (tertiary/aromatic N) is 2. The van der Waals surface area contributed by atoms with Crippen molar-refractivity contribution in [2.75, 3.05) is 40.3 Å². The maximum absolute atomic E-state index is 12.6. The maximum Gasteiger partial charge on any atom is 0.147 e. The fraction of sp³-hybridized carbons (Fsp3) is 0.481. The minimum atomic E-state index is -0.263. The third-order valence-electron chi connectivity index (χ3n) is 7.43. The molecule has 0 amide bonds. The summed E-state index contributed by atoms with van der Waals surface area (Å²) in [5, 5.41) is 3.09. The monoisotopic (exact) mass is 448 g/mol. The van der Waals surface area contributed by atoms with Gasteiger partial charge in [0.1, 0.15) is 29.5 Å². The van der Waals surface area contributed by atoms with Crippen LogP contribution in [0, 0.1) is 0 Å². The summed E-state index contributed by atoms with van der Waals surface area (Å²) < 4.78 is 11.9. The van der Waals surface area contributed by atoms with Crippen molar-refractivity contribution in [1.29, 1.82) is 0 Å². The predicted molar refractivity (Wildman–Crippen MR) is 129 cm³/mol. The van der Waals surface area contributed by atoms with Crippen LogP contribution in [0.5, 0.6) is 5.75 Å². The van der Waals surface area contributed by atoms with Crippen LogP contribution in [-0.2, 0) is 9.59 Å². The van der Waals surface area contributed by atoms with E-state index in [2.05, 4.69) is 36.0 Å². The Kier molecular flexibility index (Phi) is 6.21. The van der Waals surface area contributed by atoms with E-state index in [1.807, 2.05) is 18.2 Å². The van der Waals surface area contributed by atoms with Crippen LogP contribution in [0.1, 0.15) is 43.6 Å². The molecule has 174 valence electrons. The van der Waals surface area contributed by atoms with Crippen LogP contribution < -0.4 is 4.74 Å². The molecule has 5 rings (SSSR count). The molecule has 6 nitrogen and oxygen atoms in total. The molecule has 0 bridgehead atoms. The summed E-state index contributed by atoms with van der Waals surface area (Å²) in [6, 6.07) is 10.7. The van der Waals surface area contributed by atoms with Crippen molar-refractivity contribution in [3.63, 3.8) is 0 Å². The normalized spacial score (nSPS) is 20.9. The third kappa shape index (κ3) is 4.55. The van der Waals surface area contributed by atoms with Gasteiger partial charge in [0.15, 0.2) is 0 Å². The molecule has 2 aromatic carbocycles. The van der Waals surface area contributed by atoms with E-state index in [4.69, 9.17) is 9.15 Å². The first kappa shape index (κ1) is 22.1. The number of carbonyl (C=O) groups excluding carboxylic acids is 2. The number of carbonyl (C=O) groups is 2. The average Bonchev–Trinajstić information content (AvgIpc) is 3.23. The molecule has 1 aromatic heterocycles. The third-order valence-corrected chi connectivity index (χ3v) is 7.43. The molecule has 0 radical (unpaired) electrons. The summed E-state index contributed by atoms with van der Waals surface area (Å²) in [6.45, 7) is 3.87. The highest BCUT2D eigenvalue weighted by atomic mass is 16.5. The number of furan rings is 1. The van der Waals surface area contributed by atoms with Gasteiger partial charge < -0.3 is 14.1 Å². The molecule has 0 spiro atoms. The van der Waals surface area contributed by atoms with Crippen LogP contribution in [0.4, 0.5) is 0 Å². The molecule has 2 heterocycles. The first-order chi connectivity index (χ1) is 16.0. The first-order valence-electron chi connectivity index (χ1n) is 12.0. The maximum atomic E-state index is 12.6.